The molecule has 0 aromatic heterocycles. The summed E-state index contributed by atoms with van der Waals surface area (Å²) in [5.41, 5.74) is 1.29. The molecule has 1 aromatic carbocycles. The van der Waals surface area contributed by atoms with Crippen molar-refractivity contribution in [1.29, 1.82) is 0 Å². The highest BCUT2D eigenvalue weighted by atomic mass is 16.6. The van der Waals surface area contributed by atoms with E-state index in [9.17, 15) is 4.79 Å². The lowest BCUT2D eigenvalue weighted by Crippen LogP contribution is -2.29. The number of rotatable bonds is 8. The van der Waals surface area contributed by atoms with Crippen LogP contribution in [0.15, 0.2) is 24.3 Å². The van der Waals surface area contributed by atoms with Gasteiger partial charge in [0.05, 0.1) is 6.61 Å². The van der Waals surface area contributed by atoms with E-state index in [4.69, 9.17) is 9.47 Å². The molecule has 1 unspecified atom stereocenters. The summed E-state index contributed by atoms with van der Waals surface area (Å²) in [6, 6.07) is 7.98. The highest BCUT2D eigenvalue weighted by molar-refractivity contribution is 5.75. The van der Waals surface area contributed by atoms with Crippen molar-refractivity contribution in [2.75, 3.05) is 6.61 Å². The Morgan fingerprint density at radius 2 is 1.80 bits per heavy atom. The predicted molar refractivity (Wildman–Crippen MR) is 80.9 cm³/mol. The number of benzene rings is 1. The normalized spacial score (nSPS) is 12.2. The molecule has 0 heterocycles. The minimum Gasteiger partial charge on any atom is -0.479 e. The van der Waals surface area contributed by atoms with Crippen LogP contribution in [0, 0.1) is 5.92 Å². The first-order chi connectivity index (χ1) is 9.56. The summed E-state index contributed by atoms with van der Waals surface area (Å²) >= 11 is 0. The minimum atomic E-state index is -0.504. The Morgan fingerprint density at radius 1 is 1.15 bits per heavy atom. The second-order valence-corrected chi connectivity index (χ2v) is 5.39. The minimum absolute atomic E-state index is 0.277. The summed E-state index contributed by atoms with van der Waals surface area (Å²) in [7, 11) is 0. The van der Waals surface area contributed by atoms with E-state index in [1.165, 1.54) is 5.56 Å². The zero-order valence-electron chi connectivity index (χ0n) is 13.0. The molecule has 1 atom stereocenters. The second-order valence-electron chi connectivity index (χ2n) is 5.39. The van der Waals surface area contributed by atoms with Crippen LogP contribution < -0.4 is 4.74 Å². The standard InChI is InChI=1S/C17H26O3/c1-5-7-16(17(18)19-6-2)20-15-10-8-14(9-11-15)12-13(3)4/h8-11,13,16H,5-7,12H2,1-4H3. The second kappa shape index (κ2) is 8.62. The van der Waals surface area contributed by atoms with Crippen molar-refractivity contribution in [2.45, 2.75) is 53.1 Å². The van der Waals surface area contributed by atoms with Crippen LogP contribution in [0.3, 0.4) is 0 Å². The van der Waals surface area contributed by atoms with Gasteiger partial charge in [0.25, 0.3) is 0 Å². The van der Waals surface area contributed by atoms with Crippen LogP contribution in [-0.4, -0.2) is 18.7 Å². The third kappa shape index (κ3) is 5.64. The van der Waals surface area contributed by atoms with Gasteiger partial charge in [-0.25, -0.2) is 4.79 Å². The first-order valence-corrected chi connectivity index (χ1v) is 7.49. The molecular weight excluding hydrogens is 252 g/mol. The number of esters is 1. The fraction of sp³-hybridized carbons (Fsp3) is 0.588. The number of carbonyl (C=O) groups is 1. The van der Waals surface area contributed by atoms with Gasteiger partial charge in [-0.15, -0.1) is 0 Å². The van der Waals surface area contributed by atoms with Crippen LogP contribution >= 0.6 is 0 Å². The molecule has 0 saturated carbocycles. The summed E-state index contributed by atoms with van der Waals surface area (Å²) in [6.45, 7) is 8.61. The Balaban J connectivity index is 2.66. The van der Waals surface area contributed by atoms with E-state index in [2.05, 4.69) is 26.0 Å². The smallest absolute Gasteiger partial charge is 0.347 e. The van der Waals surface area contributed by atoms with Gasteiger partial charge in [-0.3, -0.25) is 0 Å². The Hall–Kier alpha value is -1.51. The van der Waals surface area contributed by atoms with E-state index in [1.807, 2.05) is 26.0 Å². The topological polar surface area (TPSA) is 35.5 Å². The van der Waals surface area contributed by atoms with Gasteiger partial charge in [0, 0.05) is 0 Å². The molecule has 20 heavy (non-hydrogen) atoms. The van der Waals surface area contributed by atoms with E-state index >= 15 is 0 Å². The third-order valence-corrected chi connectivity index (χ3v) is 2.95. The van der Waals surface area contributed by atoms with Gasteiger partial charge in [-0.1, -0.05) is 39.3 Å². The number of hydrogen-bond acceptors (Lipinski definition) is 3. The largest absolute Gasteiger partial charge is 0.479 e. The van der Waals surface area contributed by atoms with Gasteiger partial charge in [0.1, 0.15) is 5.75 Å². The van der Waals surface area contributed by atoms with Crippen LogP contribution in [0.25, 0.3) is 0 Å². The molecule has 1 aromatic rings. The maximum atomic E-state index is 11.8. The molecule has 0 N–H and O–H groups in total. The Bertz CT molecular complexity index is 395. The molecular formula is C17H26O3. The summed E-state index contributed by atoms with van der Waals surface area (Å²) in [4.78, 5) is 11.8. The highest BCUT2D eigenvalue weighted by Gasteiger charge is 2.20. The number of hydrogen-bond donors (Lipinski definition) is 0. The molecule has 0 bridgehead atoms. The van der Waals surface area contributed by atoms with Crippen molar-refractivity contribution in [3.8, 4) is 5.75 Å². The van der Waals surface area contributed by atoms with Gasteiger partial charge in [-0.05, 0) is 43.4 Å². The van der Waals surface area contributed by atoms with Gasteiger partial charge in [-0.2, -0.15) is 0 Å². The van der Waals surface area contributed by atoms with Crippen LogP contribution in [0.4, 0.5) is 0 Å². The summed E-state index contributed by atoms with van der Waals surface area (Å²) < 4.78 is 10.8. The Labute approximate surface area is 122 Å². The molecule has 0 fully saturated rings. The lowest BCUT2D eigenvalue weighted by atomic mass is 10.0. The average Bonchev–Trinajstić information content (AvgIpc) is 2.40. The molecule has 1 rings (SSSR count). The molecule has 0 amide bonds. The monoisotopic (exact) mass is 278 g/mol. The van der Waals surface area contributed by atoms with Crippen LogP contribution in [-0.2, 0) is 16.0 Å². The van der Waals surface area contributed by atoms with Gasteiger partial charge in [0.2, 0.25) is 0 Å². The lowest BCUT2D eigenvalue weighted by Gasteiger charge is -2.17. The van der Waals surface area contributed by atoms with E-state index in [0.29, 0.717) is 18.9 Å². The van der Waals surface area contributed by atoms with Crippen molar-refractivity contribution >= 4 is 5.97 Å². The zero-order valence-corrected chi connectivity index (χ0v) is 13.0. The van der Waals surface area contributed by atoms with Crippen molar-refractivity contribution < 1.29 is 14.3 Å². The lowest BCUT2D eigenvalue weighted by molar-refractivity contribution is -0.151. The maximum absolute atomic E-state index is 11.8. The predicted octanol–water partition coefficient (Wildman–Crippen LogP) is 4.00. The average molecular weight is 278 g/mol. The number of carbonyl (C=O) groups excluding carboxylic acids is 1. The van der Waals surface area contributed by atoms with Crippen molar-refractivity contribution in [1.82, 2.24) is 0 Å². The fourth-order valence-corrected chi connectivity index (χ4v) is 2.06. The molecule has 0 aliphatic heterocycles. The molecule has 0 aliphatic rings. The molecule has 0 saturated heterocycles. The maximum Gasteiger partial charge on any atom is 0.347 e. The Morgan fingerprint density at radius 3 is 2.30 bits per heavy atom. The molecule has 0 radical (unpaired) electrons. The molecule has 112 valence electrons. The van der Waals surface area contributed by atoms with E-state index in [-0.39, 0.29) is 5.97 Å². The molecule has 0 spiro atoms. The quantitative estimate of drug-likeness (QED) is 0.674. The summed E-state index contributed by atoms with van der Waals surface area (Å²) in [6.07, 6.45) is 2.11. The van der Waals surface area contributed by atoms with E-state index in [1.54, 1.807) is 0 Å². The molecule has 3 nitrogen and oxygen atoms in total. The molecule has 0 aliphatic carbocycles. The van der Waals surface area contributed by atoms with Gasteiger partial charge >= 0.3 is 5.97 Å². The fourth-order valence-electron chi connectivity index (χ4n) is 2.06. The van der Waals surface area contributed by atoms with Gasteiger partial charge < -0.3 is 9.47 Å². The van der Waals surface area contributed by atoms with Crippen LogP contribution in [0.5, 0.6) is 5.75 Å². The first-order valence-electron chi connectivity index (χ1n) is 7.49. The highest BCUT2D eigenvalue weighted by Crippen LogP contribution is 2.18. The van der Waals surface area contributed by atoms with Crippen molar-refractivity contribution in [3.63, 3.8) is 0 Å². The zero-order chi connectivity index (χ0) is 15.0. The van der Waals surface area contributed by atoms with E-state index in [0.717, 1.165) is 18.6 Å². The molecule has 3 heteroatoms. The summed E-state index contributed by atoms with van der Waals surface area (Å²) in [5.74, 6) is 1.08. The third-order valence-electron chi connectivity index (χ3n) is 2.95. The van der Waals surface area contributed by atoms with E-state index < -0.39 is 6.10 Å². The SMILES string of the molecule is CCCC(Oc1ccc(CC(C)C)cc1)C(=O)OCC. The van der Waals surface area contributed by atoms with Crippen LogP contribution in [0.2, 0.25) is 0 Å². The summed E-state index contributed by atoms with van der Waals surface area (Å²) in [5, 5.41) is 0. The van der Waals surface area contributed by atoms with Crippen molar-refractivity contribution in [3.05, 3.63) is 29.8 Å². The van der Waals surface area contributed by atoms with Crippen molar-refractivity contribution in [2.24, 2.45) is 5.92 Å². The first kappa shape index (κ1) is 16.5. The van der Waals surface area contributed by atoms with Gasteiger partial charge in [0.15, 0.2) is 6.10 Å². The van der Waals surface area contributed by atoms with Crippen LogP contribution in [0.1, 0.15) is 46.1 Å². The Kier molecular flexibility index (Phi) is 7.13. The number of ether oxygens (including phenoxy) is 2.